The molecule has 1 aliphatic carbocycles. The van der Waals surface area contributed by atoms with Gasteiger partial charge in [-0.05, 0) is 22.6 Å². The second kappa shape index (κ2) is 7.38. The van der Waals surface area contributed by atoms with Crippen molar-refractivity contribution in [3.63, 3.8) is 0 Å². The number of allylic oxidation sites excluding steroid dienone is 2. The number of carbonyl (C=O) groups excluding carboxylic acids is 1. The van der Waals surface area contributed by atoms with Gasteiger partial charge in [0.15, 0.2) is 12.0 Å². The number of anilines is 1. The molecule has 3 heterocycles. The van der Waals surface area contributed by atoms with Gasteiger partial charge < -0.3 is 9.64 Å². The minimum absolute atomic E-state index is 0.00753. The zero-order valence-electron chi connectivity index (χ0n) is 19.2. The standard InChI is InChI=1S/C27H25N3O4/c1-27(2)13-21(31)24-20-12-23(34-22(24)14-27)29(15-16-5-8-18(9-6-16)30(32)33)26-19(20)10-7-17-4-3-11-28-25(17)26/h3-11,20,23H,12-15H2,1-2H3. The third-order valence-corrected chi connectivity index (χ3v) is 7.23. The second-order valence-electron chi connectivity index (χ2n) is 10.3. The Bertz CT molecular complexity index is 1380. The zero-order valence-corrected chi connectivity index (χ0v) is 19.2. The Morgan fingerprint density at radius 1 is 1.15 bits per heavy atom. The van der Waals surface area contributed by atoms with Crippen LogP contribution in [-0.4, -0.2) is 21.9 Å². The van der Waals surface area contributed by atoms with Crippen LogP contribution in [0, 0.1) is 15.5 Å². The van der Waals surface area contributed by atoms with Crippen LogP contribution in [0.5, 0.6) is 0 Å². The average molecular weight is 456 g/mol. The van der Waals surface area contributed by atoms with Crippen LogP contribution >= 0.6 is 0 Å². The van der Waals surface area contributed by atoms with E-state index in [0.29, 0.717) is 19.4 Å². The van der Waals surface area contributed by atoms with Crippen molar-refractivity contribution >= 4 is 28.1 Å². The van der Waals surface area contributed by atoms with Crippen molar-refractivity contribution in [2.24, 2.45) is 5.41 Å². The lowest BCUT2D eigenvalue weighted by molar-refractivity contribution is -0.384. The van der Waals surface area contributed by atoms with E-state index in [9.17, 15) is 14.9 Å². The summed E-state index contributed by atoms with van der Waals surface area (Å²) in [5.41, 5.74) is 4.71. The molecule has 2 aromatic carbocycles. The first kappa shape index (κ1) is 20.8. The van der Waals surface area contributed by atoms with E-state index in [1.165, 1.54) is 12.1 Å². The molecule has 3 aromatic rings. The molecule has 0 saturated heterocycles. The van der Waals surface area contributed by atoms with Crippen molar-refractivity contribution in [2.45, 2.75) is 51.8 Å². The molecule has 0 fully saturated rings. The van der Waals surface area contributed by atoms with E-state index in [1.54, 1.807) is 18.3 Å². The van der Waals surface area contributed by atoms with E-state index in [1.807, 2.05) is 12.1 Å². The highest BCUT2D eigenvalue weighted by molar-refractivity contribution is 6.01. The topological polar surface area (TPSA) is 85.6 Å². The summed E-state index contributed by atoms with van der Waals surface area (Å²) in [6, 6.07) is 14.8. The Labute approximate surface area is 197 Å². The molecule has 34 heavy (non-hydrogen) atoms. The number of aromatic nitrogens is 1. The van der Waals surface area contributed by atoms with Crippen molar-refractivity contribution in [3.05, 3.63) is 87.3 Å². The molecule has 1 aromatic heterocycles. The lowest BCUT2D eigenvalue weighted by Gasteiger charge is -2.49. The predicted octanol–water partition coefficient (Wildman–Crippen LogP) is 5.64. The molecule has 0 saturated carbocycles. The van der Waals surface area contributed by atoms with Crippen LogP contribution in [0.1, 0.15) is 50.2 Å². The molecule has 2 aliphatic heterocycles. The number of nitrogens with zero attached hydrogens (tertiary/aromatic N) is 3. The van der Waals surface area contributed by atoms with E-state index in [-0.39, 0.29) is 34.0 Å². The number of pyridine rings is 1. The van der Waals surface area contributed by atoms with E-state index in [0.717, 1.165) is 45.5 Å². The first-order valence-electron chi connectivity index (χ1n) is 11.6. The Morgan fingerprint density at radius 3 is 2.71 bits per heavy atom. The van der Waals surface area contributed by atoms with Crippen LogP contribution in [0.25, 0.3) is 10.9 Å². The Kier molecular flexibility index (Phi) is 4.52. The van der Waals surface area contributed by atoms with Crippen LogP contribution in [0.2, 0.25) is 0 Å². The number of non-ortho nitro benzene ring substituents is 1. The summed E-state index contributed by atoms with van der Waals surface area (Å²) in [5, 5.41) is 12.1. The van der Waals surface area contributed by atoms with Gasteiger partial charge in [0.05, 0.1) is 16.1 Å². The first-order chi connectivity index (χ1) is 16.3. The molecule has 0 N–H and O–H groups in total. The number of carbonyl (C=O) groups is 1. The number of fused-ring (bicyclic) bond motifs is 7. The smallest absolute Gasteiger partial charge is 0.269 e. The van der Waals surface area contributed by atoms with E-state index < -0.39 is 0 Å². The Hall–Kier alpha value is -3.74. The van der Waals surface area contributed by atoms with Gasteiger partial charge in [-0.2, -0.15) is 0 Å². The average Bonchev–Trinajstić information content (AvgIpc) is 2.80. The van der Waals surface area contributed by atoms with Gasteiger partial charge in [-0.25, -0.2) is 0 Å². The number of nitro groups is 1. The SMILES string of the molecule is CC1(C)CC(=O)C2=C(C1)OC1CC2c2ccc3cccnc3c2N1Cc1ccc([N+](=O)[O-])cc1. The van der Waals surface area contributed by atoms with E-state index in [4.69, 9.17) is 9.72 Å². The van der Waals surface area contributed by atoms with Crippen LogP contribution in [0.3, 0.4) is 0 Å². The molecular formula is C27H25N3O4. The molecule has 3 aliphatic rings. The van der Waals surface area contributed by atoms with Crippen LogP contribution < -0.4 is 4.90 Å². The van der Waals surface area contributed by atoms with Crippen LogP contribution in [-0.2, 0) is 16.1 Å². The summed E-state index contributed by atoms with van der Waals surface area (Å²) in [5.74, 6) is 1.00. The molecule has 172 valence electrons. The van der Waals surface area contributed by atoms with Crippen LogP contribution in [0.15, 0.2) is 66.1 Å². The zero-order chi connectivity index (χ0) is 23.6. The highest BCUT2D eigenvalue weighted by atomic mass is 16.6. The van der Waals surface area contributed by atoms with Gasteiger partial charge in [0, 0.05) is 61.0 Å². The summed E-state index contributed by atoms with van der Waals surface area (Å²) in [7, 11) is 0. The van der Waals surface area contributed by atoms with Crippen molar-refractivity contribution < 1.29 is 14.5 Å². The van der Waals surface area contributed by atoms with E-state index in [2.05, 4.69) is 30.9 Å². The van der Waals surface area contributed by atoms with Crippen LogP contribution in [0.4, 0.5) is 11.4 Å². The van der Waals surface area contributed by atoms with Gasteiger partial charge in [-0.3, -0.25) is 19.9 Å². The fourth-order valence-electron chi connectivity index (χ4n) is 5.75. The van der Waals surface area contributed by atoms with Crippen molar-refractivity contribution in [1.29, 1.82) is 0 Å². The van der Waals surface area contributed by atoms with E-state index >= 15 is 0 Å². The lowest BCUT2D eigenvalue weighted by Crippen LogP contribution is -2.47. The highest BCUT2D eigenvalue weighted by Gasteiger charge is 2.47. The molecule has 0 radical (unpaired) electrons. The molecule has 7 nitrogen and oxygen atoms in total. The van der Waals surface area contributed by atoms with Gasteiger partial charge >= 0.3 is 0 Å². The van der Waals surface area contributed by atoms with Crippen molar-refractivity contribution in [3.8, 4) is 0 Å². The summed E-state index contributed by atoms with van der Waals surface area (Å²) in [4.78, 5) is 30.9. The first-order valence-corrected chi connectivity index (χ1v) is 11.6. The molecule has 0 amide bonds. The number of hydrogen-bond acceptors (Lipinski definition) is 6. The van der Waals surface area contributed by atoms with Crippen molar-refractivity contribution in [2.75, 3.05) is 4.90 Å². The van der Waals surface area contributed by atoms with Gasteiger partial charge in [-0.15, -0.1) is 0 Å². The normalized spacial score (nSPS) is 22.8. The third-order valence-electron chi connectivity index (χ3n) is 7.23. The largest absolute Gasteiger partial charge is 0.474 e. The quantitative estimate of drug-likeness (QED) is 0.375. The minimum atomic E-state index is -0.387. The number of Topliss-reactive ketones (excluding diaryl/α,β-unsaturated/α-hetero) is 1. The number of rotatable bonds is 3. The summed E-state index contributed by atoms with van der Waals surface area (Å²) in [6.45, 7) is 4.75. The monoisotopic (exact) mass is 455 g/mol. The fraction of sp³-hybridized carbons (Fsp3) is 0.333. The lowest BCUT2D eigenvalue weighted by atomic mass is 9.69. The molecule has 2 atom stereocenters. The molecule has 2 unspecified atom stereocenters. The number of ether oxygens (including phenoxy) is 1. The maximum atomic E-state index is 13.3. The third kappa shape index (κ3) is 3.26. The number of hydrogen-bond donors (Lipinski definition) is 0. The summed E-state index contributed by atoms with van der Waals surface area (Å²) < 4.78 is 6.57. The number of ketones is 1. The van der Waals surface area contributed by atoms with Gasteiger partial charge in [0.1, 0.15) is 5.76 Å². The second-order valence-corrected chi connectivity index (χ2v) is 10.3. The van der Waals surface area contributed by atoms with Gasteiger partial charge in [-0.1, -0.05) is 44.2 Å². The molecule has 6 rings (SSSR count). The maximum Gasteiger partial charge on any atom is 0.269 e. The molecule has 0 spiro atoms. The summed E-state index contributed by atoms with van der Waals surface area (Å²) >= 11 is 0. The molecule has 2 bridgehead atoms. The highest BCUT2D eigenvalue weighted by Crippen LogP contribution is 2.53. The predicted molar refractivity (Wildman–Crippen MR) is 128 cm³/mol. The number of nitro benzene ring substituents is 1. The Morgan fingerprint density at radius 2 is 1.94 bits per heavy atom. The van der Waals surface area contributed by atoms with Gasteiger partial charge in [0.2, 0.25) is 0 Å². The molecular weight excluding hydrogens is 430 g/mol. The fourth-order valence-corrected chi connectivity index (χ4v) is 5.75. The van der Waals surface area contributed by atoms with Gasteiger partial charge in [0.25, 0.3) is 5.69 Å². The Balaban J connectivity index is 1.50. The van der Waals surface area contributed by atoms with Crippen molar-refractivity contribution in [1.82, 2.24) is 4.98 Å². The minimum Gasteiger partial charge on any atom is -0.474 e. The number of benzene rings is 2. The summed E-state index contributed by atoms with van der Waals surface area (Å²) in [6.07, 6.45) is 3.53. The maximum absolute atomic E-state index is 13.3. The molecule has 7 heteroatoms.